The van der Waals surface area contributed by atoms with Gasteiger partial charge in [0.1, 0.15) is 30.7 Å². The van der Waals surface area contributed by atoms with Crippen LogP contribution in [0.15, 0.2) is 23.3 Å². The second-order valence-corrected chi connectivity index (χ2v) is 15.1. The molecule has 1 unspecified atom stereocenters. The molecule has 49 heavy (non-hydrogen) atoms. The monoisotopic (exact) mass is 690 g/mol. The minimum absolute atomic E-state index is 0.0355. The van der Waals surface area contributed by atoms with E-state index in [-0.39, 0.29) is 18.5 Å². The third kappa shape index (κ3) is 6.41. The molecule has 0 spiro atoms. The van der Waals surface area contributed by atoms with Crippen molar-refractivity contribution in [1.82, 2.24) is 0 Å². The molecule has 3 saturated carbocycles. The molecule has 12 heteroatoms. The maximum absolute atomic E-state index is 13.5. The third-order valence-corrected chi connectivity index (χ3v) is 12.6. The minimum Gasteiger partial charge on any atom is -0.465 e. The van der Waals surface area contributed by atoms with Crippen molar-refractivity contribution in [2.24, 2.45) is 28.6 Å². The number of ether oxygens (including phenoxy) is 6. The van der Waals surface area contributed by atoms with Crippen molar-refractivity contribution in [3.63, 3.8) is 0 Å². The number of aliphatic hydroxyl groups is 2. The summed E-state index contributed by atoms with van der Waals surface area (Å²) in [6.45, 7) is 11.0. The molecule has 1 aliphatic heterocycles. The first-order valence-electron chi connectivity index (χ1n) is 17.6. The lowest BCUT2D eigenvalue weighted by Crippen LogP contribution is -2.73. The highest BCUT2D eigenvalue weighted by molar-refractivity contribution is 5.88. The van der Waals surface area contributed by atoms with Gasteiger partial charge in [-0.25, -0.2) is 4.79 Å². The molecule has 1 saturated heterocycles. The zero-order chi connectivity index (χ0) is 36.1. The molecular formula is C37H54O12. The van der Waals surface area contributed by atoms with E-state index in [9.17, 15) is 29.4 Å². The molecule has 0 aromatic carbocycles. The van der Waals surface area contributed by atoms with Crippen molar-refractivity contribution in [3.8, 4) is 0 Å². The Morgan fingerprint density at radius 2 is 1.78 bits per heavy atom. The number of ketones is 1. The van der Waals surface area contributed by atoms with E-state index in [1.165, 1.54) is 20.8 Å². The van der Waals surface area contributed by atoms with E-state index >= 15 is 0 Å². The molecule has 274 valence electrons. The van der Waals surface area contributed by atoms with E-state index in [1.54, 1.807) is 40.9 Å². The lowest BCUT2D eigenvalue weighted by molar-refractivity contribution is -0.282. The molecule has 0 bridgehead atoms. The quantitative estimate of drug-likeness (QED) is 0.156. The zero-order valence-corrected chi connectivity index (χ0v) is 30.1. The van der Waals surface area contributed by atoms with Gasteiger partial charge in [0.05, 0.1) is 23.9 Å². The van der Waals surface area contributed by atoms with Crippen LogP contribution in [0.4, 0.5) is 0 Å². The van der Waals surface area contributed by atoms with Crippen LogP contribution < -0.4 is 0 Å². The van der Waals surface area contributed by atoms with Gasteiger partial charge in [0.2, 0.25) is 0 Å². The number of carbonyl (C=O) groups is 4. The van der Waals surface area contributed by atoms with Gasteiger partial charge in [-0.2, -0.15) is 0 Å². The number of methoxy groups -OCH3 is 1. The summed E-state index contributed by atoms with van der Waals surface area (Å²) in [6.07, 6.45) is 1.80. The van der Waals surface area contributed by atoms with Gasteiger partial charge in [0.25, 0.3) is 0 Å². The van der Waals surface area contributed by atoms with Crippen molar-refractivity contribution in [2.45, 2.75) is 142 Å². The second-order valence-electron chi connectivity index (χ2n) is 15.1. The number of carbonyl (C=O) groups excluding carboxylic acids is 4. The topological polar surface area (TPSA) is 164 Å². The van der Waals surface area contributed by atoms with Crippen LogP contribution in [0.25, 0.3) is 0 Å². The molecule has 13 atom stereocenters. The van der Waals surface area contributed by atoms with Gasteiger partial charge in [-0.3, -0.25) is 14.4 Å². The normalized spacial score (nSPS) is 43.3. The lowest BCUT2D eigenvalue weighted by Gasteiger charge is -2.65. The second kappa shape index (κ2) is 14.2. The van der Waals surface area contributed by atoms with Crippen LogP contribution in [0.5, 0.6) is 0 Å². The van der Waals surface area contributed by atoms with E-state index in [4.69, 9.17) is 28.4 Å². The van der Waals surface area contributed by atoms with Crippen molar-refractivity contribution in [1.29, 1.82) is 0 Å². The van der Waals surface area contributed by atoms with E-state index in [0.29, 0.717) is 50.5 Å². The average molecular weight is 691 g/mol. The van der Waals surface area contributed by atoms with Gasteiger partial charge >= 0.3 is 17.9 Å². The third-order valence-electron chi connectivity index (χ3n) is 12.6. The fraction of sp³-hybridized carbons (Fsp3) is 0.784. The van der Waals surface area contributed by atoms with E-state index < -0.39 is 88.9 Å². The number of aliphatic hydroxyl groups excluding tert-OH is 1. The summed E-state index contributed by atoms with van der Waals surface area (Å²) in [7, 11) is 1.55. The van der Waals surface area contributed by atoms with Crippen LogP contribution in [0.1, 0.15) is 93.4 Å². The highest BCUT2D eigenvalue weighted by Gasteiger charge is 2.76. The number of fused-ring (bicyclic) bond motifs is 5. The first-order valence-corrected chi connectivity index (χ1v) is 17.6. The Labute approximate surface area is 288 Å². The summed E-state index contributed by atoms with van der Waals surface area (Å²) < 4.78 is 36.2. The van der Waals surface area contributed by atoms with Crippen LogP contribution in [-0.2, 0) is 47.6 Å². The molecule has 2 N–H and O–H groups in total. The summed E-state index contributed by atoms with van der Waals surface area (Å²) in [6, 6.07) is 0. The number of hydrogen-bond acceptors (Lipinski definition) is 12. The number of rotatable bonds is 9. The Balaban J connectivity index is 1.59. The summed E-state index contributed by atoms with van der Waals surface area (Å²) in [5.41, 5.74) is -2.35. The molecule has 12 nitrogen and oxygen atoms in total. The Hall–Kier alpha value is -2.64. The van der Waals surface area contributed by atoms with Gasteiger partial charge in [0.15, 0.2) is 6.29 Å². The van der Waals surface area contributed by atoms with Crippen LogP contribution >= 0.6 is 0 Å². The van der Waals surface area contributed by atoms with Crippen LogP contribution in [0.2, 0.25) is 0 Å². The fourth-order valence-electron chi connectivity index (χ4n) is 10.0. The lowest BCUT2D eigenvalue weighted by atomic mass is 9.43. The Morgan fingerprint density at radius 1 is 1.06 bits per heavy atom. The van der Waals surface area contributed by atoms with Gasteiger partial charge < -0.3 is 38.6 Å². The molecular weight excluding hydrogens is 636 g/mol. The molecule has 5 rings (SSSR count). The summed E-state index contributed by atoms with van der Waals surface area (Å²) in [5.74, 6) is -3.60. The van der Waals surface area contributed by atoms with Gasteiger partial charge in [-0.15, -0.1) is 0 Å². The van der Waals surface area contributed by atoms with Crippen molar-refractivity contribution < 1.29 is 57.8 Å². The molecule has 0 amide bonds. The molecule has 0 aromatic heterocycles. The highest BCUT2D eigenvalue weighted by Crippen LogP contribution is 2.69. The van der Waals surface area contributed by atoms with E-state index in [2.05, 4.69) is 6.08 Å². The molecule has 0 radical (unpaired) electrons. The van der Waals surface area contributed by atoms with Crippen molar-refractivity contribution in [2.75, 3.05) is 13.7 Å². The van der Waals surface area contributed by atoms with E-state index in [1.807, 2.05) is 0 Å². The number of hydrogen-bond donors (Lipinski definition) is 2. The summed E-state index contributed by atoms with van der Waals surface area (Å²) in [5, 5.41) is 23.4. The smallest absolute Gasteiger partial charge is 0.333 e. The minimum atomic E-state index is -1.47. The highest BCUT2D eigenvalue weighted by atomic mass is 16.7. The Bertz CT molecular complexity index is 1370. The summed E-state index contributed by atoms with van der Waals surface area (Å²) >= 11 is 0. The van der Waals surface area contributed by atoms with Crippen molar-refractivity contribution >= 4 is 23.7 Å². The molecule has 4 fully saturated rings. The average Bonchev–Trinajstić information content (AvgIpc) is 3.34. The van der Waals surface area contributed by atoms with E-state index in [0.717, 1.165) is 5.57 Å². The maximum atomic E-state index is 13.5. The number of Topliss-reactive ketones (excluding diaryl/α,β-unsaturated/α-hetero) is 1. The first-order chi connectivity index (χ1) is 23.0. The standard InChI is InChI=1S/C37H54O12/c1-9-19(2)34(42)49-33-32(47-23(6)40)30-27(37(43)15-13-26(20(3)38)35(33,37)7)11-10-24-16-25(12-14-36(24,30)18-45-22(5)39)48-29-17-28(44-8)31(41)21(4)46-29/h9-10,21,25-33,41,43H,11-18H2,1-8H3/b19-9+/t21-,25+,26-,27?,28+,29+,30-,31-,32+,33-,35+,36-,37+/m1/s1. The largest absolute Gasteiger partial charge is 0.465 e. The van der Waals surface area contributed by atoms with Gasteiger partial charge in [-0.05, 0) is 72.1 Å². The molecule has 5 aliphatic rings. The van der Waals surface area contributed by atoms with Gasteiger partial charge in [0, 0.05) is 55.6 Å². The number of allylic oxidation sites excluding steroid dienone is 2. The Kier molecular flexibility index (Phi) is 10.9. The predicted molar refractivity (Wildman–Crippen MR) is 175 cm³/mol. The first kappa shape index (κ1) is 37.6. The van der Waals surface area contributed by atoms with Crippen LogP contribution in [0.3, 0.4) is 0 Å². The van der Waals surface area contributed by atoms with Gasteiger partial charge in [-0.1, -0.05) is 24.6 Å². The van der Waals surface area contributed by atoms with Crippen LogP contribution in [-0.4, -0.2) is 96.1 Å². The SMILES string of the molecule is C/C=C(\C)C(=O)O[C@@H]1[C@@H](OC(C)=O)[C@H]2C(CC=C3C[C@@H](O[C@H]4C[C@H](OC)[C@H](O)[C@@H](C)O4)CC[C@@]32COC(C)=O)[C@@]2(O)CC[C@H](C(C)=O)[C@@]12C. The molecule has 4 aliphatic carbocycles. The summed E-state index contributed by atoms with van der Waals surface area (Å²) in [4.78, 5) is 52.1. The Morgan fingerprint density at radius 3 is 2.39 bits per heavy atom. The maximum Gasteiger partial charge on any atom is 0.333 e. The zero-order valence-electron chi connectivity index (χ0n) is 30.1. The predicted octanol–water partition coefficient (Wildman–Crippen LogP) is 3.74. The molecule has 1 heterocycles. The van der Waals surface area contributed by atoms with Crippen molar-refractivity contribution in [3.05, 3.63) is 23.3 Å². The van der Waals surface area contributed by atoms with Crippen LogP contribution in [0, 0.1) is 28.6 Å². The molecule has 0 aromatic rings. The number of esters is 3. The fourth-order valence-corrected chi connectivity index (χ4v) is 10.0.